The zero-order chi connectivity index (χ0) is 16.1. The summed E-state index contributed by atoms with van der Waals surface area (Å²) in [6.45, 7) is 2.28. The summed E-state index contributed by atoms with van der Waals surface area (Å²) in [5.74, 6) is 0.719. The highest BCUT2D eigenvalue weighted by atomic mass is 16.2. The molecule has 0 aliphatic heterocycles. The molecule has 0 spiro atoms. The van der Waals surface area contributed by atoms with Crippen molar-refractivity contribution in [1.29, 1.82) is 0 Å². The molecule has 0 unspecified atom stereocenters. The molecule has 116 valence electrons. The van der Waals surface area contributed by atoms with Gasteiger partial charge in [-0.15, -0.1) is 0 Å². The van der Waals surface area contributed by atoms with E-state index in [9.17, 15) is 4.79 Å². The van der Waals surface area contributed by atoms with Gasteiger partial charge in [-0.1, -0.05) is 36.4 Å². The number of hydrogen-bond donors (Lipinski definition) is 1. The smallest absolute Gasteiger partial charge is 0.243 e. The first-order chi connectivity index (χ1) is 11.3. The fourth-order valence-electron chi connectivity index (χ4n) is 2.39. The predicted octanol–water partition coefficient (Wildman–Crippen LogP) is 2.82. The summed E-state index contributed by atoms with van der Waals surface area (Å²) < 4.78 is 1.88. The lowest BCUT2D eigenvalue weighted by atomic mass is 10.2. The Balaban J connectivity index is 1.72. The van der Waals surface area contributed by atoms with E-state index in [1.807, 2.05) is 66.2 Å². The summed E-state index contributed by atoms with van der Waals surface area (Å²) in [6, 6.07) is 15.1. The standard InChI is InChI=1S/C18H18N4O/c1-14(18(23)21-13-16-9-5-6-10-19-16)22-12-11-20-17(22)15-7-3-2-4-8-15/h2-12,14H,13H2,1H3,(H,21,23)/t14-/m1/s1. The molecule has 2 heterocycles. The van der Waals surface area contributed by atoms with Crippen molar-refractivity contribution in [3.05, 3.63) is 72.8 Å². The van der Waals surface area contributed by atoms with Gasteiger partial charge in [0, 0.05) is 24.2 Å². The summed E-state index contributed by atoms with van der Waals surface area (Å²) in [4.78, 5) is 21.0. The fourth-order valence-corrected chi connectivity index (χ4v) is 2.39. The number of carbonyl (C=O) groups is 1. The summed E-state index contributed by atoms with van der Waals surface area (Å²) in [6.07, 6.45) is 5.26. The molecule has 0 aliphatic carbocycles. The molecule has 1 N–H and O–H groups in total. The number of carbonyl (C=O) groups excluding carboxylic acids is 1. The molecule has 5 heteroatoms. The Bertz CT molecular complexity index is 768. The lowest BCUT2D eigenvalue weighted by Crippen LogP contribution is -2.30. The number of amides is 1. The van der Waals surface area contributed by atoms with Crippen molar-refractivity contribution in [2.45, 2.75) is 19.5 Å². The van der Waals surface area contributed by atoms with Gasteiger partial charge in [0.2, 0.25) is 5.91 Å². The van der Waals surface area contributed by atoms with Gasteiger partial charge in [0.05, 0.1) is 12.2 Å². The quantitative estimate of drug-likeness (QED) is 0.788. The van der Waals surface area contributed by atoms with Crippen molar-refractivity contribution in [2.24, 2.45) is 0 Å². The predicted molar refractivity (Wildman–Crippen MR) is 88.5 cm³/mol. The van der Waals surface area contributed by atoms with E-state index in [2.05, 4.69) is 15.3 Å². The largest absolute Gasteiger partial charge is 0.349 e. The molecular formula is C18H18N4O. The maximum atomic E-state index is 12.4. The highest BCUT2D eigenvalue weighted by molar-refractivity contribution is 5.80. The summed E-state index contributed by atoms with van der Waals surface area (Å²) in [5.41, 5.74) is 1.82. The first kappa shape index (κ1) is 15.0. The SMILES string of the molecule is C[C@H](C(=O)NCc1ccccn1)n1ccnc1-c1ccccc1. The van der Waals surface area contributed by atoms with Crippen LogP contribution in [0.3, 0.4) is 0 Å². The second-order valence-electron chi connectivity index (χ2n) is 5.24. The monoisotopic (exact) mass is 306 g/mol. The van der Waals surface area contributed by atoms with E-state index in [4.69, 9.17) is 0 Å². The Morgan fingerprint density at radius 1 is 1.09 bits per heavy atom. The van der Waals surface area contributed by atoms with Crippen LogP contribution < -0.4 is 5.32 Å². The van der Waals surface area contributed by atoms with Gasteiger partial charge < -0.3 is 9.88 Å². The van der Waals surface area contributed by atoms with E-state index in [0.717, 1.165) is 17.1 Å². The van der Waals surface area contributed by atoms with Gasteiger partial charge in [0.15, 0.2) is 0 Å². The van der Waals surface area contributed by atoms with Gasteiger partial charge in [-0.2, -0.15) is 0 Å². The Morgan fingerprint density at radius 3 is 2.61 bits per heavy atom. The Kier molecular flexibility index (Phi) is 4.47. The van der Waals surface area contributed by atoms with Crippen molar-refractivity contribution < 1.29 is 4.79 Å². The normalized spacial score (nSPS) is 11.9. The molecule has 0 saturated carbocycles. The van der Waals surface area contributed by atoms with Crippen molar-refractivity contribution >= 4 is 5.91 Å². The van der Waals surface area contributed by atoms with Gasteiger partial charge in [-0.3, -0.25) is 9.78 Å². The highest BCUT2D eigenvalue weighted by Gasteiger charge is 2.18. The molecular weight excluding hydrogens is 288 g/mol. The number of benzene rings is 1. The number of nitrogens with one attached hydrogen (secondary N) is 1. The van der Waals surface area contributed by atoms with Gasteiger partial charge in [-0.25, -0.2) is 4.98 Å². The van der Waals surface area contributed by atoms with Crippen LogP contribution in [-0.4, -0.2) is 20.4 Å². The molecule has 1 aromatic carbocycles. The molecule has 23 heavy (non-hydrogen) atoms. The maximum absolute atomic E-state index is 12.4. The minimum Gasteiger partial charge on any atom is -0.349 e. The molecule has 5 nitrogen and oxygen atoms in total. The zero-order valence-corrected chi connectivity index (χ0v) is 12.9. The molecule has 0 fully saturated rings. The lowest BCUT2D eigenvalue weighted by molar-refractivity contribution is -0.124. The van der Waals surface area contributed by atoms with Crippen LogP contribution in [0.1, 0.15) is 18.7 Å². The number of aromatic nitrogens is 3. The van der Waals surface area contributed by atoms with Crippen LogP contribution in [0.15, 0.2) is 67.1 Å². The zero-order valence-electron chi connectivity index (χ0n) is 12.9. The van der Waals surface area contributed by atoms with Gasteiger partial charge in [0.25, 0.3) is 0 Å². The second kappa shape index (κ2) is 6.87. The molecule has 2 aromatic heterocycles. The first-order valence-electron chi connectivity index (χ1n) is 7.51. The van der Waals surface area contributed by atoms with Crippen molar-refractivity contribution in [3.8, 4) is 11.4 Å². The van der Waals surface area contributed by atoms with Crippen LogP contribution in [0.4, 0.5) is 0 Å². The molecule has 0 bridgehead atoms. The molecule has 3 rings (SSSR count). The second-order valence-corrected chi connectivity index (χ2v) is 5.24. The number of rotatable bonds is 5. The number of hydrogen-bond acceptors (Lipinski definition) is 3. The molecule has 1 amide bonds. The van der Waals surface area contributed by atoms with Gasteiger partial charge in [-0.05, 0) is 19.1 Å². The summed E-state index contributed by atoms with van der Waals surface area (Å²) in [5, 5.41) is 2.92. The van der Waals surface area contributed by atoms with Crippen LogP contribution in [0, 0.1) is 0 Å². The molecule has 0 radical (unpaired) electrons. The topological polar surface area (TPSA) is 59.8 Å². The van der Waals surface area contributed by atoms with E-state index in [-0.39, 0.29) is 11.9 Å². The average Bonchev–Trinajstić information content (AvgIpc) is 3.10. The first-order valence-corrected chi connectivity index (χ1v) is 7.51. The van der Waals surface area contributed by atoms with Gasteiger partial charge >= 0.3 is 0 Å². The Labute approximate surface area is 135 Å². The maximum Gasteiger partial charge on any atom is 0.243 e. The third-order valence-corrected chi connectivity index (χ3v) is 3.67. The number of imidazole rings is 1. The van der Waals surface area contributed by atoms with E-state index in [1.165, 1.54) is 0 Å². The molecule has 0 aliphatic rings. The average molecular weight is 306 g/mol. The van der Waals surface area contributed by atoms with Crippen molar-refractivity contribution in [3.63, 3.8) is 0 Å². The molecule has 0 saturated heterocycles. The Morgan fingerprint density at radius 2 is 1.87 bits per heavy atom. The minimum absolute atomic E-state index is 0.0640. The fraction of sp³-hybridized carbons (Fsp3) is 0.167. The minimum atomic E-state index is -0.351. The number of pyridine rings is 1. The molecule has 1 atom stereocenters. The summed E-state index contributed by atoms with van der Waals surface area (Å²) >= 11 is 0. The van der Waals surface area contributed by atoms with Gasteiger partial charge in [0.1, 0.15) is 11.9 Å². The van der Waals surface area contributed by atoms with E-state index < -0.39 is 0 Å². The molecule has 3 aromatic rings. The van der Waals surface area contributed by atoms with Crippen LogP contribution in [0.5, 0.6) is 0 Å². The van der Waals surface area contributed by atoms with Crippen LogP contribution in [-0.2, 0) is 11.3 Å². The van der Waals surface area contributed by atoms with Crippen LogP contribution in [0.25, 0.3) is 11.4 Å². The lowest BCUT2D eigenvalue weighted by Gasteiger charge is -2.16. The third kappa shape index (κ3) is 3.45. The van der Waals surface area contributed by atoms with E-state index in [1.54, 1.807) is 12.4 Å². The number of nitrogens with zero attached hydrogens (tertiary/aromatic N) is 3. The highest BCUT2D eigenvalue weighted by Crippen LogP contribution is 2.20. The Hall–Kier alpha value is -2.95. The summed E-state index contributed by atoms with van der Waals surface area (Å²) in [7, 11) is 0. The van der Waals surface area contributed by atoms with E-state index in [0.29, 0.717) is 6.54 Å². The van der Waals surface area contributed by atoms with Crippen molar-refractivity contribution in [2.75, 3.05) is 0 Å². The van der Waals surface area contributed by atoms with Crippen LogP contribution in [0.2, 0.25) is 0 Å². The van der Waals surface area contributed by atoms with Crippen LogP contribution >= 0.6 is 0 Å². The third-order valence-electron chi connectivity index (χ3n) is 3.67. The van der Waals surface area contributed by atoms with Crippen molar-refractivity contribution in [1.82, 2.24) is 19.9 Å². The van der Waals surface area contributed by atoms with E-state index >= 15 is 0 Å².